The first kappa shape index (κ1) is 17.0. The summed E-state index contributed by atoms with van der Waals surface area (Å²) in [6.45, 7) is 1.90. The van der Waals surface area contributed by atoms with Gasteiger partial charge in [0.05, 0.1) is 5.69 Å². The summed E-state index contributed by atoms with van der Waals surface area (Å²) in [4.78, 5) is 5.61. The molecule has 2 aromatic carbocycles. The lowest BCUT2D eigenvalue weighted by molar-refractivity contribution is 0.585. The van der Waals surface area contributed by atoms with Crippen molar-refractivity contribution in [3.63, 3.8) is 0 Å². The fourth-order valence-electron chi connectivity index (χ4n) is 3.13. The van der Waals surface area contributed by atoms with E-state index < -0.39 is 11.6 Å². The summed E-state index contributed by atoms with van der Waals surface area (Å²) < 4.78 is 27.3. The fourth-order valence-corrected chi connectivity index (χ4v) is 4.91. The summed E-state index contributed by atoms with van der Waals surface area (Å²) in [5, 5.41) is 2.12. The molecule has 0 spiro atoms. The van der Waals surface area contributed by atoms with Crippen LogP contribution in [0.15, 0.2) is 36.4 Å². The van der Waals surface area contributed by atoms with Crippen molar-refractivity contribution in [3.05, 3.63) is 73.5 Å². The fraction of sp³-hybridized carbons (Fsp3) is 0.211. The zero-order valence-electron chi connectivity index (χ0n) is 13.2. The Morgan fingerprint density at radius 2 is 1.84 bits per heavy atom. The monoisotopic (exact) mass is 395 g/mol. The van der Waals surface area contributed by atoms with Gasteiger partial charge in [-0.3, -0.25) is 0 Å². The van der Waals surface area contributed by atoms with E-state index in [1.807, 2.05) is 19.1 Å². The highest BCUT2D eigenvalue weighted by Crippen LogP contribution is 2.57. The molecule has 1 saturated carbocycles. The van der Waals surface area contributed by atoms with Gasteiger partial charge in [0, 0.05) is 32.0 Å². The van der Waals surface area contributed by atoms with Gasteiger partial charge >= 0.3 is 0 Å². The highest BCUT2D eigenvalue weighted by molar-refractivity contribution is 7.12. The summed E-state index contributed by atoms with van der Waals surface area (Å²) in [7, 11) is 0. The third kappa shape index (κ3) is 2.86. The molecule has 0 atom stereocenters. The van der Waals surface area contributed by atoms with E-state index in [-0.39, 0.29) is 5.41 Å². The van der Waals surface area contributed by atoms with Crippen molar-refractivity contribution in [3.8, 4) is 11.3 Å². The maximum absolute atomic E-state index is 14.2. The van der Waals surface area contributed by atoms with Crippen molar-refractivity contribution in [1.82, 2.24) is 4.98 Å². The quantitative estimate of drug-likeness (QED) is 0.475. The van der Waals surface area contributed by atoms with Crippen LogP contribution in [-0.2, 0) is 5.41 Å². The molecule has 0 radical (unpaired) electrons. The van der Waals surface area contributed by atoms with Gasteiger partial charge in [-0.15, -0.1) is 11.3 Å². The number of halogens is 4. The minimum absolute atomic E-state index is 0.230. The molecule has 0 aliphatic heterocycles. The zero-order valence-corrected chi connectivity index (χ0v) is 15.6. The summed E-state index contributed by atoms with van der Waals surface area (Å²) in [6.07, 6.45) is 1.87. The van der Waals surface area contributed by atoms with Crippen LogP contribution in [0.5, 0.6) is 0 Å². The van der Waals surface area contributed by atoms with E-state index in [1.54, 1.807) is 6.07 Å². The SMILES string of the molecule is Cc1sc(C2(c3ccc(Cl)cc3Cl)CC2)nc1-c1ccc(F)cc1F. The number of aryl methyl sites for hydroxylation is 1. The van der Waals surface area contributed by atoms with Crippen molar-refractivity contribution in [2.45, 2.75) is 25.2 Å². The van der Waals surface area contributed by atoms with Gasteiger partial charge in [0.15, 0.2) is 0 Å². The minimum atomic E-state index is -0.602. The van der Waals surface area contributed by atoms with E-state index in [2.05, 4.69) is 0 Å². The lowest BCUT2D eigenvalue weighted by atomic mass is 9.96. The molecule has 0 amide bonds. The number of thiazole rings is 1. The summed E-state index contributed by atoms with van der Waals surface area (Å²) in [5.41, 5.74) is 1.65. The van der Waals surface area contributed by atoms with Gasteiger partial charge in [-0.1, -0.05) is 29.3 Å². The average Bonchev–Trinajstić information content (AvgIpc) is 3.25. The predicted octanol–water partition coefficient (Wildman–Crippen LogP) is 6.78. The number of nitrogens with zero attached hydrogens (tertiary/aromatic N) is 1. The molecule has 1 aliphatic carbocycles. The Morgan fingerprint density at radius 1 is 1.08 bits per heavy atom. The lowest BCUT2D eigenvalue weighted by Crippen LogP contribution is -2.09. The Morgan fingerprint density at radius 3 is 2.48 bits per heavy atom. The van der Waals surface area contributed by atoms with Gasteiger partial charge in [-0.05, 0) is 49.6 Å². The summed E-state index contributed by atoms with van der Waals surface area (Å²) in [5.74, 6) is -1.20. The van der Waals surface area contributed by atoms with Crippen LogP contribution in [0.2, 0.25) is 10.0 Å². The molecule has 25 heavy (non-hydrogen) atoms. The van der Waals surface area contributed by atoms with Crippen LogP contribution < -0.4 is 0 Å². The topological polar surface area (TPSA) is 12.9 Å². The van der Waals surface area contributed by atoms with Crippen LogP contribution in [0.25, 0.3) is 11.3 Å². The van der Waals surface area contributed by atoms with E-state index in [0.29, 0.717) is 21.3 Å². The molecule has 4 rings (SSSR count). The highest BCUT2D eigenvalue weighted by atomic mass is 35.5. The molecule has 6 heteroatoms. The molecule has 1 aromatic heterocycles. The van der Waals surface area contributed by atoms with Crippen molar-refractivity contribution < 1.29 is 8.78 Å². The van der Waals surface area contributed by atoms with Crippen LogP contribution in [0, 0.1) is 18.6 Å². The molecule has 0 saturated heterocycles. The molecule has 1 heterocycles. The Kier molecular flexibility index (Phi) is 4.10. The Labute approximate surface area is 158 Å². The van der Waals surface area contributed by atoms with Crippen molar-refractivity contribution in [2.75, 3.05) is 0 Å². The van der Waals surface area contributed by atoms with Crippen LogP contribution in [-0.4, -0.2) is 4.98 Å². The van der Waals surface area contributed by atoms with Crippen LogP contribution in [0.3, 0.4) is 0 Å². The van der Waals surface area contributed by atoms with Crippen LogP contribution in [0.4, 0.5) is 8.78 Å². The number of rotatable bonds is 3. The first-order valence-corrected chi connectivity index (χ1v) is 9.37. The van der Waals surface area contributed by atoms with Crippen LogP contribution in [0.1, 0.15) is 28.3 Å². The van der Waals surface area contributed by atoms with Gasteiger partial charge < -0.3 is 0 Å². The Hall–Kier alpha value is -1.49. The third-order valence-corrected chi connectivity index (χ3v) is 6.31. The first-order valence-electron chi connectivity index (χ1n) is 7.79. The molecule has 3 aromatic rings. The maximum atomic E-state index is 14.2. The number of hydrogen-bond donors (Lipinski definition) is 0. The second kappa shape index (κ2) is 6.04. The van der Waals surface area contributed by atoms with Gasteiger partial charge in [0.1, 0.15) is 16.6 Å². The van der Waals surface area contributed by atoms with E-state index >= 15 is 0 Å². The van der Waals surface area contributed by atoms with E-state index in [0.717, 1.165) is 34.4 Å². The first-order chi connectivity index (χ1) is 11.9. The smallest absolute Gasteiger partial charge is 0.135 e. The maximum Gasteiger partial charge on any atom is 0.135 e. The Balaban J connectivity index is 1.80. The third-order valence-electron chi connectivity index (χ3n) is 4.59. The van der Waals surface area contributed by atoms with E-state index in [4.69, 9.17) is 28.2 Å². The van der Waals surface area contributed by atoms with Gasteiger partial charge in [0.25, 0.3) is 0 Å². The molecule has 128 valence electrons. The van der Waals surface area contributed by atoms with Crippen molar-refractivity contribution in [2.24, 2.45) is 0 Å². The second-order valence-electron chi connectivity index (χ2n) is 6.25. The lowest BCUT2D eigenvalue weighted by Gasteiger charge is -2.14. The largest absolute Gasteiger partial charge is 0.240 e. The van der Waals surface area contributed by atoms with Gasteiger partial charge in [0.2, 0.25) is 0 Å². The molecule has 1 nitrogen and oxygen atoms in total. The van der Waals surface area contributed by atoms with Gasteiger partial charge in [-0.25, -0.2) is 13.8 Å². The average molecular weight is 396 g/mol. The molecule has 1 aliphatic rings. The van der Waals surface area contributed by atoms with Crippen molar-refractivity contribution >= 4 is 34.5 Å². The number of hydrogen-bond acceptors (Lipinski definition) is 2. The molecular weight excluding hydrogens is 383 g/mol. The number of aromatic nitrogens is 1. The van der Waals surface area contributed by atoms with Gasteiger partial charge in [-0.2, -0.15) is 0 Å². The Bertz CT molecular complexity index is 980. The summed E-state index contributed by atoms with van der Waals surface area (Å²) >= 11 is 13.9. The van der Waals surface area contributed by atoms with Crippen molar-refractivity contribution in [1.29, 1.82) is 0 Å². The van der Waals surface area contributed by atoms with E-state index in [1.165, 1.54) is 23.5 Å². The molecule has 0 bridgehead atoms. The number of benzene rings is 2. The molecular formula is C19H13Cl2F2NS. The van der Waals surface area contributed by atoms with Crippen LogP contribution >= 0.6 is 34.5 Å². The standard InChI is InChI=1S/C19H13Cl2F2NS/c1-10-17(13-4-3-12(22)9-16(13)23)24-18(25-10)19(6-7-19)14-5-2-11(20)8-15(14)21/h2-5,8-9H,6-7H2,1H3. The highest BCUT2D eigenvalue weighted by Gasteiger charge is 2.50. The molecule has 0 N–H and O–H groups in total. The molecule has 0 unspecified atom stereocenters. The second-order valence-corrected chi connectivity index (χ2v) is 8.30. The minimum Gasteiger partial charge on any atom is -0.240 e. The van der Waals surface area contributed by atoms with E-state index in [9.17, 15) is 8.78 Å². The normalized spacial score (nSPS) is 15.4. The predicted molar refractivity (Wildman–Crippen MR) is 98.7 cm³/mol. The zero-order chi connectivity index (χ0) is 17.8. The summed E-state index contributed by atoms with van der Waals surface area (Å²) in [6, 6.07) is 9.07. The molecule has 1 fully saturated rings.